The van der Waals surface area contributed by atoms with Gasteiger partial charge in [-0.05, 0) is 26.0 Å². The van der Waals surface area contributed by atoms with E-state index in [9.17, 15) is 4.79 Å². The highest BCUT2D eigenvalue weighted by Crippen LogP contribution is 2.32. The second-order valence-corrected chi connectivity index (χ2v) is 6.41. The van der Waals surface area contributed by atoms with Crippen LogP contribution in [-0.2, 0) is 9.47 Å². The number of nitrogens with one attached hydrogen (secondary N) is 1. The number of rotatable bonds is 7. The van der Waals surface area contributed by atoms with Gasteiger partial charge in [0.25, 0.3) is 0 Å². The summed E-state index contributed by atoms with van der Waals surface area (Å²) in [5.41, 5.74) is 1.13. The van der Waals surface area contributed by atoms with Gasteiger partial charge in [-0.25, -0.2) is 9.78 Å². The number of carbonyl (C=O) groups is 1. The Bertz CT molecular complexity index is 592. The summed E-state index contributed by atoms with van der Waals surface area (Å²) in [5.74, 6) is 0.930. The molecule has 8 nitrogen and oxygen atoms in total. The van der Waals surface area contributed by atoms with E-state index in [-0.39, 0.29) is 12.3 Å². The molecule has 3 rings (SSSR count). The van der Waals surface area contributed by atoms with Crippen LogP contribution in [-0.4, -0.2) is 86.1 Å². The number of ether oxygens (including phenoxy) is 2. The lowest BCUT2D eigenvalue weighted by Crippen LogP contribution is -2.53. The molecule has 1 aromatic heterocycles. The summed E-state index contributed by atoms with van der Waals surface area (Å²) >= 11 is 0. The Labute approximate surface area is 155 Å². The first-order valence-electron chi connectivity index (χ1n) is 9.43. The highest BCUT2D eigenvalue weighted by Gasteiger charge is 2.32. The molecule has 1 amide bonds. The van der Waals surface area contributed by atoms with E-state index in [1.165, 1.54) is 0 Å². The highest BCUT2D eigenvalue weighted by molar-refractivity contribution is 5.72. The maximum Gasteiger partial charge on any atom is 0.409 e. The summed E-state index contributed by atoms with van der Waals surface area (Å²) in [6, 6.07) is 4.06. The molecule has 1 N–H and O–H groups in total. The molecule has 0 bridgehead atoms. The van der Waals surface area contributed by atoms with Crippen molar-refractivity contribution in [1.82, 2.24) is 14.8 Å². The van der Waals surface area contributed by atoms with Crippen molar-refractivity contribution in [3.63, 3.8) is 0 Å². The topological polar surface area (TPSA) is 70.2 Å². The van der Waals surface area contributed by atoms with Crippen LogP contribution >= 0.6 is 0 Å². The highest BCUT2D eigenvalue weighted by atomic mass is 16.6. The molecular weight excluding hydrogens is 334 g/mol. The molecule has 3 heterocycles. The maximum atomic E-state index is 11.8. The lowest BCUT2D eigenvalue weighted by atomic mass is 10.3. The van der Waals surface area contributed by atoms with E-state index in [2.05, 4.69) is 26.2 Å². The number of hydrogen-bond acceptors (Lipinski definition) is 7. The Balaban J connectivity index is 1.56. The molecule has 0 spiro atoms. The molecule has 8 heteroatoms. The van der Waals surface area contributed by atoms with Gasteiger partial charge in [-0.2, -0.15) is 0 Å². The number of hydrogen-bond donors (Lipinski definition) is 1. The summed E-state index contributed by atoms with van der Waals surface area (Å²) < 4.78 is 10.6. The van der Waals surface area contributed by atoms with Crippen molar-refractivity contribution in [3.8, 4) is 0 Å². The van der Waals surface area contributed by atoms with Crippen LogP contribution in [0.15, 0.2) is 18.3 Å². The van der Waals surface area contributed by atoms with Crippen LogP contribution in [0.4, 0.5) is 16.3 Å². The predicted molar refractivity (Wildman–Crippen MR) is 101 cm³/mol. The average molecular weight is 363 g/mol. The Kier molecular flexibility index (Phi) is 6.51. The fourth-order valence-electron chi connectivity index (χ4n) is 3.44. The molecule has 1 saturated heterocycles. The van der Waals surface area contributed by atoms with Gasteiger partial charge >= 0.3 is 6.09 Å². The fraction of sp³-hybridized carbons (Fsp3) is 0.667. The van der Waals surface area contributed by atoms with E-state index in [0.29, 0.717) is 26.3 Å². The predicted octanol–water partition coefficient (Wildman–Crippen LogP) is 1.45. The van der Waals surface area contributed by atoms with E-state index in [0.717, 1.165) is 44.3 Å². The number of anilines is 2. The number of carbonyl (C=O) groups excluding carboxylic acids is 1. The minimum atomic E-state index is -0.207. The molecule has 0 saturated carbocycles. The van der Waals surface area contributed by atoms with Crippen LogP contribution in [0.3, 0.4) is 0 Å². The summed E-state index contributed by atoms with van der Waals surface area (Å²) in [6.07, 6.45) is 1.77. The molecule has 1 unspecified atom stereocenters. The first-order chi connectivity index (χ1) is 12.7. The minimum absolute atomic E-state index is 0.162. The van der Waals surface area contributed by atoms with Gasteiger partial charge in [-0.1, -0.05) is 0 Å². The van der Waals surface area contributed by atoms with E-state index >= 15 is 0 Å². The minimum Gasteiger partial charge on any atom is -0.450 e. The van der Waals surface area contributed by atoms with Gasteiger partial charge in [0.05, 0.1) is 18.9 Å². The van der Waals surface area contributed by atoms with Crippen molar-refractivity contribution >= 4 is 17.6 Å². The van der Waals surface area contributed by atoms with Gasteiger partial charge in [-0.3, -0.25) is 4.90 Å². The van der Waals surface area contributed by atoms with Gasteiger partial charge in [0.1, 0.15) is 6.17 Å². The average Bonchev–Trinajstić information content (AvgIpc) is 3.00. The van der Waals surface area contributed by atoms with E-state index in [4.69, 9.17) is 9.47 Å². The van der Waals surface area contributed by atoms with Crippen molar-refractivity contribution < 1.29 is 14.3 Å². The second-order valence-electron chi connectivity index (χ2n) is 6.41. The van der Waals surface area contributed by atoms with Crippen LogP contribution in [0.5, 0.6) is 0 Å². The molecule has 0 aromatic carbocycles. The summed E-state index contributed by atoms with van der Waals surface area (Å²) in [7, 11) is 0. The lowest BCUT2D eigenvalue weighted by molar-refractivity contribution is 0.0784. The van der Waals surface area contributed by atoms with Crippen LogP contribution in [0, 0.1) is 0 Å². The Morgan fingerprint density at radius 3 is 2.81 bits per heavy atom. The molecule has 26 heavy (non-hydrogen) atoms. The summed E-state index contributed by atoms with van der Waals surface area (Å²) in [5, 5.41) is 3.53. The molecule has 2 aliphatic heterocycles. The summed E-state index contributed by atoms with van der Waals surface area (Å²) in [6.45, 7) is 10.5. The molecule has 1 atom stereocenters. The quantitative estimate of drug-likeness (QED) is 0.735. The van der Waals surface area contributed by atoms with E-state index in [1.807, 2.05) is 26.1 Å². The van der Waals surface area contributed by atoms with Gasteiger partial charge in [0, 0.05) is 52.1 Å². The van der Waals surface area contributed by atoms with Gasteiger partial charge < -0.3 is 24.6 Å². The zero-order valence-corrected chi connectivity index (χ0v) is 15.7. The number of piperazine rings is 1. The summed E-state index contributed by atoms with van der Waals surface area (Å²) in [4.78, 5) is 22.8. The smallest absolute Gasteiger partial charge is 0.409 e. The largest absolute Gasteiger partial charge is 0.450 e. The Morgan fingerprint density at radius 1 is 1.27 bits per heavy atom. The van der Waals surface area contributed by atoms with Crippen molar-refractivity contribution in [3.05, 3.63) is 18.3 Å². The zero-order chi connectivity index (χ0) is 18.4. The molecule has 0 radical (unpaired) electrons. The molecule has 0 aliphatic carbocycles. The van der Waals surface area contributed by atoms with Crippen LogP contribution < -0.4 is 10.2 Å². The third kappa shape index (κ3) is 4.37. The van der Waals surface area contributed by atoms with E-state index < -0.39 is 0 Å². The lowest BCUT2D eigenvalue weighted by Gasteiger charge is -2.37. The van der Waals surface area contributed by atoms with Crippen molar-refractivity contribution in [1.29, 1.82) is 0 Å². The zero-order valence-electron chi connectivity index (χ0n) is 15.7. The maximum absolute atomic E-state index is 11.8. The number of aromatic nitrogens is 1. The molecular formula is C18H29N5O3. The van der Waals surface area contributed by atoms with Gasteiger partial charge in [0.15, 0.2) is 5.82 Å². The number of fused-ring (bicyclic) bond motifs is 1. The standard InChI is InChI=1S/C18H29N5O3/c1-3-25-13-12-23-15-6-5-7-19-17(15)20-16(23)14-21-8-10-22(11-9-21)18(24)26-4-2/h5-7,16H,3-4,8-14H2,1-2H3,(H,19,20). The van der Waals surface area contributed by atoms with Gasteiger partial charge in [-0.15, -0.1) is 0 Å². The van der Waals surface area contributed by atoms with Crippen molar-refractivity contribution in [2.45, 2.75) is 20.0 Å². The number of pyridine rings is 1. The number of nitrogens with zero attached hydrogens (tertiary/aromatic N) is 4. The molecule has 1 fully saturated rings. The molecule has 144 valence electrons. The third-order valence-corrected chi connectivity index (χ3v) is 4.79. The monoisotopic (exact) mass is 363 g/mol. The first-order valence-corrected chi connectivity index (χ1v) is 9.43. The van der Waals surface area contributed by atoms with Crippen LogP contribution in [0.25, 0.3) is 0 Å². The SMILES string of the molecule is CCOCCN1c2cccnc2NC1CN1CCN(C(=O)OCC)CC1. The van der Waals surface area contributed by atoms with Crippen molar-refractivity contribution in [2.24, 2.45) is 0 Å². The molecule has 2 aliphatic rings. The second kappa shape index (κ2) is 9.05. The normalized spacial score (nSPS) is 20.0. The Hall–Kier alpha value is -2.06. The third-order valence-electron chi connectivity index (χ3n) is 4.79. The number of amides is 1. The Morgan fingerprint density at radius 2 is 2.08 bits per heavy atom. The fourth-order valence-corrected chi connectivity index (χ4v) is 3.44. The van der Waals surface area contributed by atoms with Crippen LogP contribution in [0.2, 0.25) is 0 Å². The van der Waals surface area contributed by atoms with E-state index in [1.54, 1.807) is 4.90 Å². The van der Waals surface area contributed by atoms with Crippen LogP contribution in [0.1, 0.15) is 13.8 Å². The van der Waals surface area contributed by atoms with Gasteiger partial charge in [0.2, 0.25) is 0 Å². The van der Waals surface area contributed by atoms with Crippen molar-refractivity contribution in [2.75, 3.05) is 69.3 Å². The molecule has 1 aromatic rings. The first kappa shape index (κ1) is 18.7.